The largest absolute Gasteiger partial charge is 0.484 e. The van der Waals surface area contributed by atoms with Gasteiger partial charge in [-0.05, 0) is 67.0 Å². The number of nitrogens with one attached hydrogen (secondary N) is 1. The maximum Gasteiger partial charge on any atom is 0.257 e. The van der Waals surface area contributed by atoms with Crippen molar-refractivity contribution in [1.29, 1.82) is 0 Å². The predicted octanol–water partition coefficient (Wildman–Crippen LogP) is 4.55. The Morgan fingerprint density at radius 2 is 1.68 bits per heavy atom. The van der Waals surface area contributed by atoms with Crippen molar-refractivity contribution in [3.8, 4) is 5.75 Å². The van der Waals surface area contributed by atoms with Crippen molar-refractivity contribution >= 4 is 5.91 Å². The summed E-state index contributed by atoms with van der Waals surface area (Å²) in [5, 5.41) is 2.92. The van der Waals surface area contributed by atoms with Crippen molar-refractivity contribution in [2.24, 2.45) is 0 Å². The molecule has 134 valence electrons. The van der Waals surface area contributed by atoms with Gasteiger partial charge in [0.15, 0.2) is 6.61 Å². The van der Waals surface area contributed by atoms with Crippen LogP contribution in [0.15, 0.2) is 42.5 Å². The van der Waals surface area contributed by atoms with Crippen LogP contribution in [0, 0.1) is 13.8 Å². The van der Waals surface area contributed by atoms with Crippen LogP contribution in [0.3, 0.4) is 0 Å². The molecular weight excluding hydrogens is 310 g/mol. The maximum atomic E-state index is 11.9. The summed E-state index contributed by atoms with van der Waals surface area (Å²) in [5.41, 5.74) is 4.95. The molecule has 2 rings (SSSR count). The summed E-state index contributed by atoms with van der Waals surface area (Å²) in [6.07, 6.45) is 1.90. The highest BCUT2D eigenvalue weighted by molar-refractivity contribution is 5.77. The molecule has 2 aromatic rings. The Bertz CT molecular complexity index is 669. The molecule has 0 aliphatic heterocycles. The molecule has 25 heavy (non-hydrogen) atoms. The smallest absolute Gasteiger partial charge is 0.257 e. The molecule has 0 atom stereocenters. The van der Waals surface area contributed by atoms with Gasteiger partial charge in [0.25, 0.3) is 5.91 Å². The third-order valence-corrected chi connectivity index (χ3v) is 4.18. The van der Waals surface area contributed by atoms with E-state index in [1.54, 1.807) is 0 Å². The monoisotopic (exact) mass is 339 g/mol. The molecule has 3 nitrogen and oxygen atoms in total. The van der Waals surface area contributed by atoms with E-state index in [4.69, 9.17) is 4.74 Å². The van der Waals surface area contributed by atoms with Gasteiger partial charge in [0, 0.05) is 6.54 Å². The first-order valence-corrected chi connectivity index (χ1v) is 9.00. The van der Waals surface area contributed by atoms with E-state index in [1.165, 1.54) is 11.1 Å². The number of rotatable bonds is 8. The average Bonchev–Trinajstić information content (AvgIpc) is 2.56. The lowest BCUT2D eigenvalue weighted by Crippen LogP contribution is -2.29. The zero-order valence-corrected chi connectivity index (χ0v) is 15.8. The number of carbonyl (C=O) groups excluding carboxylic acids is 1. The summed E-state index contributed by atoms with van der Waals surface area (Å²) >= 11 is 0. The molecular formula is C22H29NO2. The van der Waals surface area contributed by atoms with Gasteiger partial charge in [0.1, 0.15) is 5.75 Å². The standard InChI is InChI=1S/C22H29NO2/c1-16(2)20-9-7-19(8-10-20)6-5-11-23-22(24)15-25-21-13-17(3)12-18(4)14-21/h7-10,12-14,16H,5-6,11,15H2,1-4H3,(H,23,24). The van der Waals surface area contributed by atoms with E-state index < -0.39 is 0 Å². The summed E-state index contributed by atoms with van der Waals surface area (Å²) in [6.45, 7) is 9.17. The van der Waals surface area contributed by atoms with E-state index in [0.717, 1.165) is 29.7 Å². The van der Waals surface area contributed by atoms with E-state index in [-0.39, 0.29) is 12.5 Å². The summed E-state index contributed by atoms with van der Waals surface area (Å²) in [6, 6.07) is 14.7. The second kappa shape index (κ2) is 9.26. The van der Waals surface area contributed by atoms with Gasteiger partial charge in [-0.3, -0.25) is 4.79 Å². The Kier molecular flexibility index (Phi) is 7.05. The first kappa shape index (κ1) is 19.0. The second-order valence-corrected chi connectivity index (χ2v) is 6.96. The molecule has 1 N–H and O–H groups in total. The van der Waals surface area contributed by atoms with E-state index >= 15 is 0 Å². The lowest BCUT2D eigenvalue weighted by molar-refractivity contribution is -0.123. The van der Waals surface area contributed by atoms with Crippen LogP contribution in [0.4, 0.5) is 0 Å². The molecule has 0 saturated heterocycles. The van der Waals surface area contributed by atoms with Crippen molar-refractivity contribution in [3.05, 3.63) is 64.7 Å². The minimum absolute atomic E-state index is 0.0615. The SMILES string of the molecule is Cc1cc(C)cc(OCC(=O)NCCCc2ccc(C(C)C)cc2)c1. The van der Waals surface area contributed by atoms with Crippen LogP contribution in [0.1, 0.15) is 48.4 Å². The molecule has 0 spiro atoms. The third kappa shape index (κ3) is 6.61. The van der Waals surface area contributed by atoms with Gasteiger partial charge in [-0.25, -0.2) is 0 Å². The third-order valence-electron chi connectivity index (χ3n) is 4.18. The number of ether oxygens (including phenoxy) is 1. The number of carbonyl (C=O) groups is 1. The Morgan fingerprint density at radius 3 is 2.28 bits per heavy atom. The molecule has 0 unspecified atom stereocenters. The van der Waals surface area contributed by atoms with Crippen molar-refractivity contribution in [1.82, 2.24) is 5.32 Å². The number of benzene rings is 2. The number of aryl methyl sites for hydroxylation is 3. The zero-order valence-electron chi connectivity index (χ0n) is 15.8. The average molecular weight is 339 g/mol. The van der Waals surface area contributed by atoms with Gasteiger partial charge < -0.3 is 10.1 Å². The topological polar surface area (TPSA) is 38.3 Å². The molecule has 1 amide bonds. The molecule has 0 fully saturated rings. The van der Waals surface area contributed by atoms with Crippen LogP contribution in [0.25, 0.3) is 0 Å². The Labute approximate surface area is 151 Å². The van der Waals surface area contributed by atoms with Crippen molar-refractivity contribution in [2.45, 2.75) is 46.5 Å². The second-order valence-electron chi connectivity index (χ2n) is 6.96. The van der Waals surface area contributed by atoms with Gasteiger partial charge in [-0.15, -0.1) is 0 Å². The minimum atomic E-state index is -0.0747. The van der Waals surface area contributed by atoms with Crippen molar-refractivity contribution in [3.63, 3.8) is 0 Å². The maximum absolute atomic E-state index is 11.9. The fourth-order valence-corrected chi connectivity index (χ4v) is 2.81. The number of hydrogen-bond donors (Lipinski definition) is 1. The molecule has 0 aromatic heterocycles. The highest BCUT2D eigenvalue weighted by atomic mass is 16.5. The van der Waals surface area contributed by atoms with Crippen LogP contribution < -0.4 is 10.1 Å². The van der Waals surface area contributed by atoms with Gasteiger partial charge in [0.2, 0.25) is 0 Å². The Hall–Kier alpha value is -2.29. The van der Waals surface area contributed by atoms with Gasteiger partial charge in [0.05, 0.1) is 0 Å². The van der Waals surface area contributed by atoms with E-state index in [1.807, 2.05) is 26.0 Å². The van der Waals surface area contributed by atoms with Crippen LogP contribution in [-0.2, 0) is 11.2 Å². The van der Waals surface area contributed by atoms with Gasteiger partial charge in [-0.1, -0.05) is 44.2 Å². The molecule has 0 saturated carbocycles. The fraction of sp³-hybridized carbons (Fsp3) is 0.409. The summed E-state index contributed by atoms with van der Waals surface area (Å²) in [5.74, 6) is 1.23. The first-order valence-electron chi connectivity index (χ1n) is 9.00. The van der Waals surface area contributed by atoms with E-state index in [0.29, 0.717) is 12.5 Å². The minimum Gasteiger partial charge on any atom is -0.484 e. The number of hydrogen-bond acceptors (Lipinski definition) is 2. The van der Waals surface area contributed by atoms with Gasteiger partial charge >= 0.3 is 0 Å². The van der Waals surface area contributed by atoms with Crippen LogP contribution in [0.2, 0.25) is 0 Å². The van der Waals surface area contributed by atoms with E-state index in [2.05, 4.69) is 49.5 Å². The Balaban J connectivity index is 1.66. The zero-order chi connectivity index (χ0) is 18.2. The first-order chi connectivity index (χ1) is 11.9. The molecule has 0 aliphatic rings. The highest BCUT2D eigenvalue weighted by Gasteiger charge is 2.04. The molecule has 2 aromatic carbocycles. The lowest BCUT2D eigenvalue weighted by Gasteiger charge is -2.09. The molecule has 0 aliphatic carbocycles. The summed E-state index contributed by atoms with van der Waals surface area (Å²) in [7, 11) is 0. The Morgan fingerprint density at radius 1 is 1.04 bits per heavy atom. The lowest BCUT2D eigenvalue weighted by atomic mass is 10.0. The summed E-state index contributed by atoms with van der Waals surface area (Å²) < 4.78 is 5.57. The normalized spacial score (nSPS) is 10.8. The predicted molar refractivity (Wildman–Crippen MR) is 103 cm³/mol. The number of amides is 1. The van der Waals surface area contributed by atoms with Crippen LogP contribution in [0.5, 0.6) is 5.75 Å². The van der Waals surface area contributed by atoms with Crippen molar-refractivity contribution < 1.29 is 9.53 Å². The fourth-order valence-electron chi connectivity index (χ4n) is 2.81. The highest BCUT2D eigenvalue weighted by Crippen LogP contribution is 2.16. The molecule has 0 bridgehead atoms. The summed E-state index contributed by atoms with van der Waals surface area (Å²) in [4.78, 5) is 11.9. The quantitative estimate of drug-likeness (QED) is 0.716. The van der Waals surface area contributed by atoms with Crippen LogP contribution >= 0.6 is 0 Å². The molecule has 0 heterocycles. The molecule has 3 heteroatoms. The van der Waals surface area contributed by atoms with Crippen LogP contribution in [-0.4, -0.2) is 19.1 Å². The van der Waals surface area contributed by atoms with E-state index in [9.17, 15) is 4.79 Å². The molecule has 0 radical (unpaired) electrons. The van der Waals surface area contributed by atoms with Gasteiger partial charge in [-0.2, -0.15) is 0 Å². The van der Waals surface area contributed by atoms with Crippen molar-refractivity contribution in [2.75, 3.05) is 13.2 Å².